The van der Waals surface area contributed by atoms with Crippen molar-refractivity contribution in [1.29, 1.82) is 0 Å². The summed E-state index contributed by atoms with van der Waals surface area (Å²) in [6, 6.07) is 99.4. The monoisotopic (exact) mass is 971 g/mol. The normalized spacial score (nSPS) is 11.7. The molecule has 0 fully saturated rings. The second-order valence-electron chi connectivity index (χ2n) is 19.6. The van der Waals surface area contributed by atoms with Crippen LogP contribution < -0.4 is 4.90 Å². The number of para-hydroxylation sites is 1. The topological polar surface area (TPSA) is 16.4 Å². The van der Waals surface area contributed by atoms with E-state index in [2.05, 4.69) is 278 Å². The molecule has 2 aromatic heterocycles. The van der Waals surface area contributed by atoms with E-state index < -0.39 is 0 Å². The van der Waals surface area contributed by atoms with E-state index >= 15 is 0 Å². The van der Waals surface area contributed by atoms with Crippen LogP contribution in [-0.2, 0) is 0 Å². The van der Waals surface area contributed by atoms with E-state index in [0.717, 1.165) is 66.6 Å². The minimum Gasteiger partial charge on any atom is -0.455 e. The number of rotatable bonds is 8. The number of hydrogen-bond donors (Lipinski definition) is 0. The van der Waals surface area contributed by atoms with Crippen LogP contribution in [-0.4, -0.2) is 0 Å². The van der Waals surface area contributed by atoms with Crippen LogP contribution in [0.3, 0.4) is 0 Å². The smallest absolute Gasteiger partial charge is 0.143 e. The molecule has 0 saturated heterocycles. The van der Waals surface area contributed by atoms with Gasteiger partial charge in [0.15, 0.2) is 0 Å². The van der Waals surface area contributed by atoms with Gasteiger partial charge in [-0.1, -0.05) is 224 Å². The lowest BCUT2D eigenvalue weighted by Gasteiger charge is -2.26. The number of thiophene rings is 1. The van der Waals surface area contributed by atoms with Gasteiger partial charge in [-0.05, 0) is 120 Å². The van der Waals surface area contributed by atoms with Crippen LogP contribution in [0.2, 0.25) is 0 Å². The highest BCUT2D eigenvalue weighted by Gasteiger charge is 2.19. The molecule has 0 bridgehead atoms. The molecule has 0 amide bonds. The fourth-order valence-electron chi connectivity index (χ4n) is 11.5. The molecule has 0 spiro atoms. The third-order valence-electron chi connectivity index (χ3n) is 15.3. The van der Waals surface area contributed by atoms with E-state index in [1.54, 1.807) is 0 Å². The number of anilines is 3. The van der Waals surface area contributed by atoms with Crippen molar-refractivity contribution in [3.05, 3.63) is 273 Å². The Hall–Kier alpha value is -9.54. The largest absolute Gasteiger partial charge is 0.455 e. The van der Waals surface area contributed by atoms with Crippen LogP contribution in [0.15, 0.2) is 277 Å². The molecule has 0 aliphatic heterocycles. The first-order valence-electron chi connectivity index (χ1n) is 25.6. The number of benzene rings is 13. The molecule has 0 unspecified atom stereocenters. The SMILES string of the molecule is c1ccc(-c2ccc(N(c3ccc(-c4ccc(-c5cccc6c5oc5c7ccccc7ccc65)cc4)cc3)c3ccc(-c4ccc(-c5c6ccccc6cc6c5sc5c7ccccc7ccc65)cc4)cc3)cc2)cc1. The molecule has 15 rings (SSSR count). The summed E-state index contributed by atoms with van der Waals surface area (Å²) in [5.74, 6) is 0. The molecule has 75 heavy (non-hydrogen) atoms. The minimum atomic E-state index is 0.920. The molecular formula is C72H45NOS. The number of nitrogens with zero attached hydrogens (tertiary/aromatic N) is 1. The molecule has 3 heteroatoms. The zero-order valence-corrected chi connectivity index (χ0v) is 41.6. The minimum absolute atomic E-state index is 0.920. The Morgan fingerprint density at radius 1 is 0.253 bits per heavy atom. The van der Waals surface area contributed by atoms with Crippen molar-refractivity contribution in [3.8, 4) is 55.6 Å². The molecule has 0 aliphatic rings. The van der Waals surface area contributed by atoms with Gasteiger partial charge in [0.1, 0.15) is 11.2 Å². The van der Waals surface area contributed by atoms with Crippen molar-refractivity contribution in [2.45, 2.75) is 0 Å². The molecule has 0 N–H and O–H groups in total. The molecule has 0 radical (unpaired) electrons. The molecule has 2 heterocycles. The highest BCUT2D eigenvalue weighted by atomic mass is 32.1. The number of furan rings is 1. The van der Waals surface area contributed by atoms with Crippen molar-refractivity contribution in [1.82, 2.24) is 0 Å². The molecule has 0 atom stereocenters. The van der Waals surface area contributed by atoms with Gasteiger partial charge in [0.25, 0.3) is 0 Å². The second kappa shape index (κ2) is 17.6. The van der Waals surface area contributed by atoms with Crippen molar-refractivity contribution in [2.24, 2.45) is 0 Å². The average molecular weight is 972 g/mol. The summed E-state index contributed by atoms with van der Waals surface area (Å²) in [6.45, 7) is 0. The van der Waals surface area contributed by atoms with E-state index in [4.69, 9.17) is 4.42 Å². The Balaban J connectivity index is 0.751. The second-order valence-corrected chi connectivity index (χ2v) is 20.6. The fourth-order valence-corrected chi connectivity index (χ4v) is 12.9. The Kier molecular flexibility index (Phi) is 10.1. The highest BCUT2D eigenvalue weighted by molar-refractivity contribution is 7.27. The number of hydrogen-bond acceptors (Lipinski definition) is 3. The Morgan fingerprint density at radius 3 is 1.31 bits per heavy atom. The van der Waals surface area contributed by atoms with E-state index in [1.165, 1.54) is 80.5 Å². The zero-order valence-electron chi connectivity index (χ0n) is 40.7. The molecule has 0 saturated carbocycles. The lowest BCUT2D eigenvalue weighted by molar-refractivity contribution is 0.674. The van der Waals surface area contributed by atoms with Gasteiger partial charge in [0.2, 0.25) is 0 Å². The number of fused-ring (bicyclic) bond motifs is 11. The highest BCUT2D eigenvalue weighted by Crippen LogP contribution is 2.47. The van der Waals surface area contributed by atoms with E-state index in [9.17, 15) is 0 Å². The Labute approximate surface area is 438 Å². The van der Waals surface area contributed by atoms with Gasteiger partial charge in [-0.2, -0.15) is 0 Å². The molecule has 15 aromatic rings. The molecule has 13 aromatic carbocycles. The quantitative estimate of drug-likeness (QED) is 0.151. The molecule has 350 valence electrons. The van der Waals surface area contributed by atoms with Crippen molar-refractivity contribution in [2.75, 3.05) is 4.90 Å². The van der Waals surface area contributed by atoms with Crippen LogP contribution in [0.25, 0.3) is 130 Å². The first-order valence-corrected chi connectivity index (χ1v) is 26.4. The van der Waals surface area contributed by atoms with E-state index in [0.29, 0.717) is 0 Å². The molecular weight excluding hydrogens is 927 g/mol. The summed E-state index contributed by atoms with van der Waals surface area (Å²) >= 11 is 1.92. The van der Waals surface area contributed by atoms with Gasteiger partial charge in [0, 0.05) is 64.5 Å². The first-order chi connectivity index (χ1) is 37.2. The van der Waals surface area contributed by atoms with Gasteiger partial charge in [-0.3, -0.25) is 0 Å². The summed E-state index contributed by atoms with van der Waals surface area (Å²) in [4.78, 5) is 2.35. The Bertz CT molecular complexity index is 4650. The maximum absolute atomic E-state index is 6.69. The summed E-state index contributed by atoms with van der Waals surface area (Å²) in [6.07, 6.45) is 0. The molecule has 2 nitrogen and oxygen atoms in total. The van der Waals surface area contributed by atoms with Crippen molar-refractivity contribution in [3.63, 3.8) is 0 Å². The summed E-state index contributed by atoms with van der Waals surface area (Å²) in [5.41, 5.74) is 16.9. The predicted octanol–water partition coefficient (Wildman–Crippen LogP) is 21.2. The fraction of sp³-hybridized carbons (Fsp3) is 0. The van der Waals surface area contributed by atoms with Gasteiger partial charge in [0.05, 0.1) is 0 Å². The standard InChI is InChI=1S/C72H45NOS/c1-2-11-46(12-3-1)49-29-37-57(38-30-49)73(58-39-31-50(32-40-58)47-21-25-54(26-22-47)62-19-10-20-64-65-43-35-52-13-4-8-17-61(52)70(65)74-69(62)64)59-41-33-51(34-42-59)48-23-27-55(28-24-48)68-60-16-7-6-15-56(60)45-67-66-44-36-53-14-5-9-18-63(53)71(66)75-72(67)68/h1-45H. The van der Waals surface area contributed by atoms with Gasteiger partial charge in [-0.25, -0.2) is 0 Å². The van der Waals surface area contributed by atoms with Crippen LogP contribution in [0, 0.1) is 0 Å². The van der Waals surface area contributed by atoms with Crippen molar-refractivity contribution >= 4 is 103 Å². The maximum Gasteiger partial charge on any atom is 0.143 e. The van der Waals surface area contributed by atoms with Crippen molar-refractivity contribution < 1.29 is 4.42 Å². The van der Waals surface area contributed by atoms with Crippen LogP contribution in [0.4, 0.5) is 17.1 Å². The predicted molar refractivity (Wildman–Crippen MR) is 321 cm³/mol. The van der Waals surface area contributed by atoms with Gasteiger partial charge >= 0.3 is 0 Å². The van der Waals surface area contributed by atoms with Crippen LogP contribution in [0.5, 0.6) is 0 Å². The summed E-state index contributed by atoms with van der Waals surface area (Å²) in [7, 11) is 0. The average Bonchev–Trinajstić information content (AvgIpc) is 4.08. The third-order valence-corrected chi connectivity index (χ3v) is 16.6. The first kappa shape index (κ1) is 43.1. The molecule has 0 aliphatic carbocycles. The van der Waals surface area contributed by atoms with Crippen LogP contribution >= 0.6 is 11.3 Å². The van der Waals surface area contributed by atoms with Gasteiger partial charge < -0.3 is 9.32 Å². The van der Waals surface area contributed by atoms with E-state index in [-0.39, 0.29) is 0 Å². The van der Waals surface area contributed by atoms with E-state index in [1.807, 2.05) is 11.3 Å². The maximum atomic E-state index is 6.69. The lowest BCUT2D eigenvalue weighted by atomic mass is 9.94. The summed E-state index contributed by atoms with van der Waals surface area (Å²) in [5, 5.41) is 12.4. The summed E-state index contributed by atoms with van der Waals surface area (Å²) < 4.78 is 9.37. The zero-order chi connectivity index (χ0) is 49.4. The van der Waals surface area contributed by atoms with Gasteiger partial charge in [-0.15, -0.1) is 11.3 Å². The third kappa shape index (κ3) is 7.31. The Morgan fingerprint density at radius 2 is 0.693 bits per heavy atom. The lowest BCUT2D eigenvalue weighted by Crippen LogP contribution is -2.09. The van der Waals surface area contributed by atoms with Crippen LogP contribution in [0.1, 0.15) is 0 Å².